The molecule has 0 atom stereocenters. The van der Waals surface area contributed by atoms with E-state index in [2.05, 4.69) is 23.0 Å². The number of benzene rings is 1. The molecule has 1 aromatic carbocycles. The van der Waals surface area contributed by atoms with Crippen molar-refractivity contribution in [2.45, 2.75) is 37.1 Å². The topological polar surface area (TPSA) is 75.6 Å². The van der Waals surface area contributed by atoms with E-state index < -0.39 is 0 Å². The molecule has 0 amide bonds. The van der Waals surface area contributed by atoms with Gasteiger partial charge in [-0.3, -0.25) is 0 Å². The van der Waals surface area contributed by atoms with Crippen LogP contribution >= 0.6 is 23.4 Å². The number of halogens is 1. The van der Waals surface area contributed by atoms with Gasteiger partial charge in [-0.25, -0.2) is 9.97 Å². The largest absolute Gasteiger partial charge is 0.382 e. The average molecular weight is 333 g/mol. The van der Waals surface area contributed by atoms with Gasteiger partial charge in [0.05, 0.1) is 5.69 Å². The number of nitrogens with zero attached hydrogens (tertiary/aromatic N) is 3. The molecule has 1 aromatic heterocycles. The Morgan fingerprint density at radius 2 is 2.00 bits per heavy atom. The van der Waals surface area contributed by atoms with Crippen molar-refractivity contribution in [3.8, 4) is 6.07 Å². The van der Waals surface area contributed by atoms with Crippen molar-refractivity contribution in [3.05, 3.63) is 46.1 Å². The van der Waals surface area contributed by atoms with E-state index in [1.165, 1.54) is 11.8 Å². The molecule has 2 N–H and O–H groups in total. The van der Waals surface area contributed by atoms with Crippen molar-refractivity contribution in [3.63, 3.8) is 0 Å². The molecule has 4 nitrogen and oxygen atoms in total. The zero-order valence-corrected chi connectivity index (χ0v) is 13.9. The number of thioether (sulfide) groups is 1. The fraction of sp³-hybridized carbons (Fsp3) is 0.312. The average Bonchev–Trinajstić information content (AvgIpc) is 2.52. The summed E-state index contributed by atoms with van der Waals surface area (Å²) in [5, 5.41) is 10.5. The lowest BCUT2D eigenvalue weighted by molar-refractivity contribution is 0.755. The van der Waals surface area contributed by atoms with Crippen LogP contribution in [-0.2, 0) is 12.2 Å². The lowest BCUT2D eigenvalue weighted by Crippen LogP contribution is -2.05. The number of anilines is 1. The number of hydrogen-bond donors (Lipinski definition) is 1. The maximum Gasteiger partial charge on any atom is 0.190 e. The van der Waals surface area contributed by atoms with E-state index in [-0.39, 0.29) is 5.82 Å². The molecule has 2 rings (SSSR count). The van der Waals surface area contributed by atoms with Gasteiger partial charge in [-0.05, 0) is 30.5 Å². The van der Waals surface area contributed by atoms with Gasteiger partial charge in [-0.2, -0.15) is 5.26 Å². The molecule has 0 aliphatic rings. The van der Waals surface area contributed by atoms with Gasteiger partial charge in [0.2, 0.25) is 0 Å². The van der Waals surface area contributed by atoms with Gasteiger partial charge >= 0.3 is 0 Å². The molecule has 0 unspecified atom stereocenters. The van der Waals surface area contributed by atoms with E-state index >= 15 is 0 Å². The Labute approximate surface area is 139 Å². The standard InChI is InChI=1S/C16H17ClN4S/c1-2-3-4-14-13(9-18)15(19)21-16(20-14)22-10-11-5-7-12(17)8-6-11/h5-8H,2-4,10H2,1H3,(H2,19,20,21). The second-order valence-corrected chi connectivity index (χ2v) is 6.22. The zero-order valence-electron chi connectivity index (χ0n) is 12.3. The van der Waals surface area contributed by atoms with Crippen LogP contribution < -0.4 is 5.73 Å². The number of unbranched alkanes of at least 4 members (excludes halogenated alkanes) is 1. The van der Waals surface area contributed by atoms with Crippen LogP contribution in [0.1, 0.15) is 36.6 Å². The minimum atomic E-state index is 0.266. The Morgan fingerprint density at radius 1 is 1.27 bits per heavy atom. The molecule has 114 valence electrons. The molecule has 0 aliphatic carbocycles. The molecule has 0 saturated carbocycles. The Kier molecular flexibility index (Phi) is 6.05. The van der Waals surface area contributed by atoms with Gasteiger partial charge < -0.3 is 5.73 Å². The summed E-state index contributed by atoms with van der Waals surface area (Å²) in [5.74, 6) is 0.998. The van der Waals surface area contributed by atoms with Gasteiger partial charge in [0.25, 0.3) is 0 Å². The third-order valence-corrected chi connectivity index (χ3v) is 4.32. The first-order valence-corrected chi connectivity index (χ1v) is 8.44. The third kappa shape index (κ3) is 4.36. The summed E-state index contributed by atoms with van der Waals surface area (Å²) in [6.45, 7) is 2.10. The smallest absolute Gasteiger partial charge is 0.190 e. The molecule has 22 heavy (non-hydrogen) atoms. The quantitative estimate of drug-likeness (QED) is 0.633. The fourth-order valence-corrected chi connectivity index (χ4v) is 2.89. The van der Waals surface area contributed by atoms with E-state index in [0.717, 1.165) is 41.3 Å². The first-order valence-electron chi connectivity index (χ1n) is 7.07. The van der Waals surface area contributed by atoms with Crippen LogP contribution in [0.25, 0.3) is 0 Å². The Bertz CT molecular complexity index is 680. The molecule has 0 aliphatic heterocycles. The first kappa shape index (κ1) is 16.6. The van der Waals surface area contributed by atoms with Crippen molar-refractivity contribution in [1.82, 2.24) is 9.97 Å². The summed E-state index contributed by atoms with van der Waals surface area (Å²) in [5.41, 5.74) is 8.18. The van der Waals surface area contributed by atoms with Crippen LogP contribution in [0.5, 0.6) is 0 Å². The number of nitrogen functional groups attached to an aromatic ring is 1. The Morgan fingerprint density at radius 3 is 2.64 bits per heavy atom. The van der Waals surface area contributed by atoms with Crippen molar-refractivity contribution in [1.29, 1.82) is 5.26 Å². The molecule has 1 heterocycles. The summed E-state index contributed by atoms with van der Waals surface area (Å²) >= 11 is 7.38. The summed E-state index contributed by atoms with van der Waals surface area (Å²) in [4.78, 5) is 8.72. The fourth-order valence-electron chi connectivity index (χ4n) is 1.94. The molecule has 0 fully saturated rings. The highest BCUT2D eigenvalue weighted by molar-refractivity contribution is 7.98. The van der Waals surface area contributed by atoms with E-state index in [1.807, 2.05) is 24.3 Å². The van der Waals surface area contributed by atoms with Gasteiger partial charge in [0.15, 0.2) is 5.16 Å². The summed E-state index contributed by atoms with van der Waals surface area (Å²) < 4.78 is 0. The molecule has 0 radical (unpaired) electrons. The summed E-state index contributed by atoms with van der Waals surface area (Å²) in [7, 11) is 0. The molecule has 6 heteroatoms. The predicted molar refractivity (Wildman–Crippen MR) is 90.8 cm³/mol. The van der Waals surface area contributed by atoms with Crippen molar-refractivity contribution in [2.75, 3.05) is 5.73 Å². The second kappa shape index (κ2) is 8.02. The van der Waals surface area contributed by atoms with Crippen LogP contribution in [0.4, 0.5) is 5.82 Å². The number of nitrogens with two attached hydrogens (primary N) is 1. The molecule has 0 bridgehead atoms. The van der Waals surface area contributed by atoms with E-state index in [4.69, 9.17) is 17.3 Å². The number of aromatic nitrogens is 2. The van der Waals surface area contributed by atoms with Gasteiger partial charge in [0.1, 0.15) is 17.5 Å². The zero-order chi connectivity index (χ0) is 15.9. The van der Waals surface area contributed by atoms with Crippen LogP contribution in [0.15, 0.2) is 29.4 Å². The van der Waals surface area contributed by atoms with Crippen molar-refractivity contribution in [2.24, 2.45) is 0 Å². The maximum atomic E-state index is 9.19. The third-order valence-electron chi connectivity index (χ3n) is 3.15. The normalized spacial score (nSPS) is 10.4. The molecule has 0 saturated heterocycles. The minimum absolute atomic E-state index is 0.266. The second-order valence-electron chi connectivity index (χ2n) is 4.84. The number of hydrogen-bond acceptors (Lipinski definition) is 5. The lowest BCUT2D eigenvalue weighted by atomic mass is 10.1. The Hall–Kier alpha value is -1.77. The molecule has 2 aromatic rings. The minimum Gasteiger partial charge on any atom is -0.382 e. The first-order chi connectivity index (χ1) is 10.6. The van der Waals surface area contributed by atoms with E-state index in [1.54, 1.807) is 0 Å². The van der Waals surface area contributed by atoms with Crippen molar-refractivity contribution < 1.29 is 0 Å². The van der Waals surface area contributed by atoms with E-state index in [0.29, 0.717) is 10.7 Å². The van der Waals surface area contributed by atoms with Gasteiger partial charge in [-0.1, -0.05) is 48.8 Å². The summed E-state index contributed by atoms with van der Waals surface area (Å²) in [6.07, 6.45) is 2.77. The van der Waals surface area contributed by atoms with Gasteiger partial charge in [-0.15, -0.1) is 0 Å². The monoisotopic (exact) mass is 332 g/mol. The highest BCUT2D eigenvalue weighted by atomic mass is 35.5. The number of nitriles is 1. The van der Waals surface area contributed by atoms with Gasteiger partial charge in [0, 0.05) is 10.8 Å². The highest BCUT2D eigenvalue weighted by Gasteiger charge is 2.12. The van der Waals surface area contributed by atoms with Crippen LogP contribution in [0, 0.1) is 11.3 Å². The predicted octanol–water partition coefficient (Wildman–Crippen LogP) is 4.22. The van der Waals surface area contributed by atoms with E-state index in [9.17, 15) is 5.26 Å². The molecule has 0 spiro atoms. The SMILES string of the molecule is CCCCc1nc(SCc2ccc(Cl)cc2)nc(N)c1C#N. The maximum absolute atomic E-state index is 9.19. The van der Waals surface area contributed by atoms with Crippen LogP contribution in [0.3, 0.4) is 0 Å². The summed E-state index contributed by atoms with van der Waals surface area (Å²) in [6, 6.07) is 9.77. The number of aryl methyl sites for hydroxylation is 1. The molecular formula is C16H17ClN4S. The number of rotatable bonds is 6. The molecular weight excluding hydrogens is 316 g/mol. The lowest BCUT2D eigenvalue weighted by Gasteiger charge is -2.08. The van der Waals surface area contributed by atoms with Crippen LogP contribution in [0.2, 0.25) is 5.02 Å². The van der Waals surface area contributed by atoms with Crippen molar-refractivity contribution >= 4 is 29.2 Å². The van der Waals surface area contributed by atoms with Crippen LogP contribution in [-0.4, -0.2) is 9.97 Å². The Balaban J connectivity index is 2.15. The highest BCUT2D eigenvalue weighted by Crippen LogP contribution is 2.24.